The molecule has 0 bridgehead atoms. The zero-order valence-corrected chi connectivity index (χ0v) is 17.8. The summed E-state index contributed by atoms with van der Waals surface area (Å²) in [5.74, 6) is 0. The van der Waals surface area contributed by atoms with Crippen molar-refractivity contribution in [3.05, 3.63) is 76.9 Å². The van der Waals surface area contributed by atoms with Gasteiger partial charge in [-0.2, -0.15) is 0 Å². The minimum atomic E-state index is -0.594. The first-order valence-corrected chi connectivity index (χ1v) is 10.5. The van der Waals surface area contributed by atoms with Gasteiger partial charge in [-0.15, -0.1) is 0 Å². The second-order valence-electron chi connectivity index (χ2n) is 6.29. The Labute approximate surface area is 167 Å². The molecule has 1 atom stereocenters. The van der Waals surface area contributed by atoms with Crippen LogP contribution in [0.5, 0.6) is 0 Å². The second kappa shape index (κ2) is 8.09. The predicted molar refractivity (Wildman–Crippen MR) is 92.9 cm³/mol. The zero-order valence-electron chi connectivity index (χ0n) is 13.8. The smallest absolute Gasteiger partial charge is 1.00 e. The Bertz CT molecular complexity index is 884. The quantitative estimate of drug-likeness (QED) is 0.598. The van der Waals surface area contributed by atoms with Crippen molar-refractivity contribution in [3.8, 4) is 0 Å². The fourth-order valence-electron chi connectivity index (χ4n) is 3.54. The van der Waals surface area contributed by atoms with Gasteiger partial charge in [0, 0.05) is 0 Å². The normalized spacial score (nSPS) is 17.3. The Morgan fingerprint density at radius 1 is 1.04 bits per heavy atom. The molecular weight excluding hydrogens is 414 g/mol. The topological polar surface area (TPSA) is 0 Å². The van der Waals surface area contributed by atoms with Crippen molar-refractivity contribution in [2.45, 2.75) is 23.9 Å². The second-order valence-corrected chi connectivity index (χ2v) is 10.9. The molecule has 4 rings (SSSR count). The average molecular weight is 434 g/mol. The van der Waals surface area contributed by atoms with Crippen molar-refractivity contribution >= 4 is 20.1 Å². The molecule has 0 radical (unpaired) electrons. The van der Waals surface area contributed by atoms with E-state index in [4.69, 9.17) is 0 Å². The molecule has 0 spiro atoms. The Morgan fingerprint density at radius 3 is 2.54 bits per heavy atom. The largest absolute Gasteiger partial charge is 1.00 e. The Kier molecular flexibility index (Phi) is 6.60. The van der Waals surface area contributed by atoms with E-state index in [0.29, 0.717) is 3.63 Å². The molecular formula is C21H19Cl2Zr. The van der Waals surface area contributed by atoms with E-state index in [-0.39, 0.29) is 24.8 Å². The van der Waals surface area contributed by atoms with Crippen LogP contribution in [0.15, 0.2) is 65.8 Å². The van der Waals surface area contributed by atoms with Crippen LogP contribution < -0.4 is 24.8 Å². The van der Waals surface area contributed by atoms with Gasteiger partial charge in [0.1, 0.15) is 0 Å². The Balaban J connectivity index is 0.00000104. The molecule has 0 fully saturated rings. The van der Waals surface area contributed by atoms with E-state index >= 15 is 0 Å². The standard InChI is InChI=1S/C18H13.C3H6.2ClH.Zr/c1-2-6-13(5-1)16-11-15-10-9-14-7-3-4-8-17(14)18(15)12-16;1-3-2;;;/h1-5,7-12H,6H2;1-2H3;2*1H;/q;;;;+2/p-2. The van der Waals surface area contributed by atoms with Crippen molar-refractivity contribution < 1.29 is 47.6 Å². The summed E-state index contributed by atoms with van der Waals surface area (Å²) < 4.78 is 2.35. The van der Waals surface area contributed by atoms with Crippen LogP contribution in [0.3, 0.4) is 0 Å². The third-order valence-electron chi connectivity index (χ3n) is 4.49. The number of benzene rings is 2. The van der Waals surface area contributed by atoms with Crippen LogP contribution in [0.4, 0.5) is 0 Å². The summed E-state index contributed by atoms with van der Waals surface area (Å²) in [5.41, 5.74) is 6.19. The predicted octanol–water partition coefficient (Wildman–Crippen LogP) is -0.533. The molecule has 0 saturated heterocycles. The molecule has 0 aliphatic heterocycles. The molecule has 0 nitrogen and oxygen atoms in total. The Morgan fingerprint density at radius 2 is 1.83 bits per heavy atom. The fourth-order valence-corrected chi connectivity index (χ4v) is 7.15. The van der Waals surface area contributed by atoms with Crippen LogP contribution in [0.2, 0.25) is 0 Å². The third kappa shape index (κ3) is 3.45. The van der Waals surface area contributed by atoms with Gasteiger partial charge in [0.05, 0.1) is 0 Å². The summed E-state index contributed by atoms with van der Waals surface area (Å²) in [6, 6.07) is 13.5. The maximum absolute atomic E-state index is 2.47. The van der Waals surface area contributed by atoms with Crippen molar-refractivity contribution in [3.63, 3.8) is 0 Å². The number of hydrogen-bond acceptors (Lipinski definition) is 0. The molecule has 0 heterocycles. The molecule has 121 valence electrons. The third-order valence-corrected chi connectivity index (χ3v) is 8.09. The number of rotatable bonds is 2. The number of allylic oxidation sites excluding steroid dienone is 5. The van der Waals surface area contributed by atoms with Crippen LogP contribution >= 0.6 is 0 Å². The molecule has 2 aromatic carbocycles. The molecule has 1 unspecified atom stereocenters. The van der Waals surface area contributed by atoms with Crippen molar-refractivity contribution in [1.82, 2.24) is 0 Å². The molecule has 0 aromatic heterocycles. The van der Waals surface area contributed by atoms with Crippen LogP contribution in [0, 0.1) is 0 Å². The van der Waals surface area contributed by atoms with E-state index in [0.717, 1.165) is 6.42 Å². The van der Waals surface area contributed by atoms with Gasteiger partial charge < -0.3 is 24.8 Å². The van der Waals surface area contributed by atoms with Gasteiger partial charge >= 0.3 is 144 Å². The van der Waals surface area contributed by atoms with Gasteiger partial charge in [0.15, 0.2) is 0 Å². The zero-order chi connectivity index (χ0) is 15.1. The summed E-state index contributed by atoms with van der Waals surface area (Å²) in [7, 11) is 0. The van der Waals surface area contributed by atoms with Crippen LogP contribution in [-0.4, -0.2) is 3.21 Å². The van der Waals surface area contributed by atoms with Crippen LogP contribution in [-0.2, 0) is 22.8 Å². The van der Waals surface area contributed by atoms with E-state index in [1.54, 1.807) is 14.3 Å². The number of halogens is 2. The molecule has 0 amide bonds. The Hall–Kier alpha value is -0.747. The molecule has 24 heavy (non-hydrogen) atoms. The van der Waals surface area contributed by atoms with E-state index in [1.807, 2.05) is 0 Å². The van der Waals surface area contributed by atoms with Gasteiger partial charge in [-0.25, -0.2) is 0 Å². The van der Waals surface area contributed by atoms with Gasteiger partial charge in [0.2, 0.25) is 0 Å². The van der Waals surface area contributed by atoms with Gasteiger partial charge in [-0.05, 0) is 0 Å². The van der Waals surface area contributed by atoms with E-state index in [1.165, 1.54) is 21.9 Å². The van der Waals surface area contributed by atoms with E-state index < -0.39 is 22.8 Å². The van der Waals surface area contributed by atoms with Crippen LogP contribution in [0.1, 0.15) is 35.0 Å². The van der Waals surface area contributed by atoms with E-state index in [2.05, 4.69) is 74.5 Å². The molecule has 0 saturated carbocycles. The summed E-state index contributed by atoms with van der Waals surface area (Å²) in [6.07, 6.45) is 10.4. The summed E-state index contributed by atoms with van der Waals surface area (Å²) in [4.78, 5) is 0. The number of fused-ring (bicyclic) bond motifs is 3. The van der Waals surface area contributed by atoms with Crippen molar-refractivity contribution in [2.24, 2.45) is 0 Å². The van der Waals surface area contributed by atoms with Crippen LogP contribution in [0.25, 0.3) is 16.8 Å². The maximum atomic E-state index is 2.47. The molecule has 3 heteroatoms. The summed E-state index contributed by atoms with van der Waals surface area (Å²) in [6.45, 7) is 4.66. The van der Waals surface area contributed by atoms with E-state index in [9.17, 15) is 0 Å². The molecule has 2 aliphatic carbocycles. The van der Waals surface area contributed by atoms with Gasteiger partial charge in [-0.1, -0.05) is 0 Å². The maximum Gasteiger partial charge on any atom is -1.00 e. The summed E-state index contributed by atoms with van der Waals surface area (Å²) >= 11 is -0.594. The average Bonchev–Trinajstić information content (AvgIpc) is 3.14. The minimum Gasteiger partial charge on any atom is -1.00 e. The molecule has 2 aliphatic rings. The van der Waals surface area contributed by atoms with Gasteiger partial charge in [-0.3, -0.25) is 0 Å². The minimum absolute atomic E-state index is 0. The van der Waals surface area contributed by atoms with Crippen molar-refractivity contribution in [1.29, 1.82) is 0 Å². The number of hydrogen-bond donors (Lipinski definition) is 0. The molecule has 2 aromatic rings. The first-order chi connectivity index (χ1) is 10.7. The van der Waals surface area contributed by atoms with Gasteiger partial charge in [0.25, 0.3) is 0 Å². The SMILES string of the molecule is C[C](C)=[Zr+2][CH]1C(C2=CC=CC2)=Cc2ccc3ccccc3c21.[Cl-].[Cl-]. The monoisotopic (exact) mass is 431 g/mol. The first-order valence-electron chi connectivity index (χ1n) is 7.90. The fraction of sp³-hybridized carbons (Fsp3) is 0.190. The van der Waals surface area contributed by atoms with Crippen molar-refractivity contribution in [2.75, 3.05) is 0 Å². The molecule has 0 N–H and O–H groups in total. The first kappa shape index (κ1) is 19.6. The summed E-state index contributed by atoms with van der Waals surface area (Å²) in [5, 5.41) is 2.84.